The molecule has 0 heterocycles. The van der Waals surface area contributed by atoms with Gasteiger partial charge in [0, 0.05) is 11.1 Å². The molecule has 0 aliphatic carbocycles. The summed E-state index contributed by atoms with van der Waals surface area (Å²) >= 11 is 0. The van der Waals surface area contributed by atoms with Crippen LogP contribution in [0, 0.1) is 0 Å². The molecule has 3 aromatic carbocycles. The Labute approximate surface area is 191 Å². The fourth-order valence-corrected chi connectivity index (χ4v) is 3.60. The van der Waals surface area contributed by atoms with E-state index in [1.807, 2.05) is 74.5 Å². The monoisotopic (exact) mass is 431 g/mol. The fraction of sp³-hybridized carbons (Fsp3) is 0.321. The summed E-state index contributed by atoms with van der Waals surface area (Å²) in [6.07, 6.45) is 0. The average molecular weight is 432 g/mol. The molecule has 0 aliphatic rings. The van der Waals surface area contributed by atoms with Crippen LogP contribution in [0.2, 0.25) is 0 Å². The largest absolute Gasteiger partial charge is 0.493 e. The van der Waals surface area contributed by atoms with Crippen LogP contribution in [-0.2, 0) is 12.0 Å². The van der Waals surface area contributed by atoms with Gasteiger partial charge in [0.05, 0.1) is 12.6 Å². The Hall–Kier alpha value is -3.27. The standard InChI is InChI=1S/C28H33NO3/c1-6-31-25-17-16-22(27(30)29-20(2)21-12-8-7-9-13-21)18-23(25)19-32-26-15-11-10-14-24(26)28(3,4)5/h7-18,20H,6,19H2,1-5H3,(H,29,30). The molecular formula is C28H33NO3. The molecule has 0 radical (unpaired) electrons. The van der Waals surface area contributed by atoms with Gasteiger partial charge in [0.1, 0.15) is 18.1 Å². The van der Waals surface area contributed by atoms with Crippen molar-refractivity contribution in [2.75, 3.05) is 6.61 Å². The van der Waals surface area contributed by atoms with Crippen LogP contribution in [0.3, 0.4) is 0 Å². The number of nitrogens with one attached hydrogen (secondary N) is 1. The van der Waals surface area contributed by atoms with Gasteiger partial charge in [-0.2, -0.15) is 0 Å². The highest BCUT2D eigenvalue weighted by Gasteiger charge is 2.19. The van der Waals surface area contributed by atoms with Crippen LogP contribution < -0.4 is 14.8 Å². The molecule has 1 amide bonds. The lowest BCUT2D eigenvalue weighted by molar-refractivity contribution is 0.0939. The molecule has 1 unspecified atom stereocenters. The second kappa shape index (κ2) is 10.4. The SMILES string of the molecule is CCOc1ccc(C(=O)NC(C)c2ccccc2)cc1COc1ccccc1C(C)(C)C. The number of carbonyl (C=O) groups is 1. The summed E-state index contributed by atoms with van der Waals surface area (Å²) in [5, 5.41) is 3.07. The second-order valence-electron chi connectivity index (χ2n) is 8.90. The maximum Gasteiger partial charge on any atom is 0.251 e. The molecule has 0 saturated carbocycles. The summed E-state index contributed by atoms with van der Waals surface area (Å²) in [7, 11) is 0. The number of hydrogen-bond acceptors (Lipinski definition) is 3. The molecule has 3 rings (SSSR count). The van der Waals surface area contributed by atoms with Crippen molar-refractivity contribution in [3.63, 3.8) is 0 Å². The minimum Gasteiger partial charge on any atom is -0.493 e. The number of hydrogen-bond donors (Lipinski definition) is 1. The highest BCUT2D eigenvalue weighted by molar-refractivity contribution is 5.94. The third-order valence-electron chi connectivity index (χ3n) is 5.35. The molecule has 168 valence electrons. The zero-order chi connectivity index (χ0) is 23.1. The molecule has 0 aliphatic heterocycles. The van der Waals surface area contributed by atoms with Gasteiger partial charge in [0.2, 0.25) is 0 Å². The molecule has 4 heteroatoms. The summed E-state index contributed by atoms with van der Waals surface area (Å²) in [4.78, 5) is 12.9. The summed E-state index contributed by atoms with van der Waals surface area (Å²) < 4.78 is 12.0. The molecule has 0 fully saturated rings. The lowest BCUT2D eigenvalue weighted by Gasteiger charge is -2.23. The third kappa shape index (κ3) is 5.91. The number of carbonyl (C=O) groups excluding carboxylic acids is 1. The molecule has 0 bridgehead atoms. The predicted molar refractivity (Wildman–Crippen MR) is 129 cm³/mol. The van der Waals surface area contributed by atoms with E-state index in [4.69, 9.17) is 9.47 Å². The average Bonchev–Trinajstić information content (AvgIpc) is 2.78. The van der Waals surface area contributed by atoms with Crippen molar-refractivity contribution in [3.05, 3.63) is 95.1 Å². The third-order valence-corrected chi connectivity index (χ3v) is 5.35. The Morgan fingerprint density at radius 2 is 1.59 bits per heavy atom. The minimum absolute atomic E-state index is 0.0331. The topological polar surface area (TPSA) is 47.6 Å². The van der Waals surface area contributed by atoms with E-state index in [-0.39, 0.29) is 17.4 Å². The fourth-order valence-electron chi connectivity index (χ4n) is 3.60. The predicted octanol–water partition coefficient (Wildman–Crippen LogP) is 6.45. The zero-order valence-electron chi connectivity index (χ0n) is 19.6. The quantitative estimate of drug-likeness (QED) is 0.446. The highest BCUT2D eigenvalue weighted by Crippen LogP contribution is 2.32. The van der Waals surface area contributed by atoms with Gasteiger partial charge in [-0.3, -0.25) is 4.79 Å². The first-order valence-corrected chi connectivity index (χ1v) is 11.1. The Balaban J connectivity index is 1.80. The van der Waals surface area contributed by atoms with Crippen LogP contribution in [0.15, 0.2) is 72.8 Å². The van der Waals surface area contributed by atoms with Gasteiger partial charge in [-0.25, -0.2) is 0 Å². The summed E-state index contributed by atoms with van der Waals surface area (Å²) in [6, 6.07) is 23.4. The Bertz CT molecular complexity index is 1040. The highest BCUT2D eigenvalue weighted by atomic mass is 16.5. The Morgan fingerprint density at radius 3 is 2.28 bits per heavy atom. The van der Waals surface area contributed by atoms with Crippen LogP contribution in [0.5, 0.6) is 11.5 Å². The first-order chi connectivity index (χ1) is 15.3. The number of para-hydroxylation sites is 1. The molecule has 0 spiro atoms. The Kier molecular flexibility index (Phi) is 7.57. The van der Waals surface area contributed by atoms with Gasteiger partial charge in [-0.1, -0.05) is 69.3 Å². The molecule has 0 aromatic heterocycles. The summed E-state index contributed by atoms with van der Waals surface area (Å²) in [5.41, 5.74) is 3.60. The van der Waals surface area contributed by atoms with Gasteiger partial charge in [-0.05, 0) is 54.7 Å². The van der Waals surface area contributed by atoms with Crippen molar-refractivity contribution >= 4 is 5.91 Å². The normalized spacial score (nSPS) is 12.2. The van der Waals surface area contributed by atoms with Gasteiger partial charge < -0.3 is 14.8 Å². The van der Waals surface area contributed by atoms with E-state index >= 15 is 0 Å². The van der Waals surface area contributed by atoms with Crippen LogP contribution >= 0.6 is 0 Å². The van der Waals surface area contributed by atoms with Gasteiger partial charge in [-0.15, -0.1) is 0 Å². The lowest BCUT2D eigenvalue weighted by Crippen LogP contribution is -2.26. The molecule has 1 atom stereocenters. The first kappa shape index (κ1) is 23.4. The zero-order valence-corrected chi connectivity index (χ0v) is 19.6. The van der Waals surface area contributed by atoms with E-state index in [1.165, 1.54) is 0 Å². The lowest BCUT2D eigenvalue weighted by atomic mass is 9.86. The number of benzene rings is 3. The van der Waals surface area contributed by atoms with Crippen LogP contribution in [0.4, 0.5) is 0 Å². The van der Waals surface area contributed by atoms with Crippen LogP contribution in [-0.4, -0.2) is 12.5 Å². The van der Waals surface area contributed by atoms with Crippen molar-refractivity contribution < 1.29 is 14.3 Å². The first-order valence-electron chi connectivity index (χ1n) is 11.1. The van der Waals surface area contributed by atoms with E-state index in [2.05, 4.69) is 32.2 Å². The van der Waals surface area contributed by atoms with E-state index in [0.717, 1.165) is 28.2 Å². The van der Waals surface area contributed by atoms with Crippen LogP contribution in [0.1, 0.15) is 67.7 Å². The van der Waals surface area contributed by atoms with Gasteiger partial charge in [0.25, 0.3) is 5.91 Å². The molecule has 4 nitrogen and oxygen atoms in total. The molecule has 32 heavy (non-hydrogen) atoms. The molecule has 0 saturated heterocycles. The molecular weight excluding hydrogens is 398 g/mol. The van der Waals surface area contributed by atoms with E-state index in [0.29, 0.717) is 18.8 Å². The maximum absolute atomic E-state index is 12.9. The van der Waals surface area contributed by atoms with Crippen molar-refractivity contribution in [2.45, 2.75) is 52.7 Å². The van der Waals surface area contributed by atoms with Gasteiger partial charge in [0.15, 0.2) is 0 Å². The number of ether oxygens (including phenoxy) is 2. The molecule has 3 aromatic rings. The van der Waals surface area contributed by atoms with Crippen LogP contribution in [0.25, 0.3) is 0 Å². The van der Waals surface area contributed by atoms with E-state index in [1.54, 1.807) is 6.07 Å². The number of amides is 1. The van der Waals surface area contributed by atoms with Crippen molar-refractivity contribution in [1.29, 1.82) is 0 Å². The number of rotatable bonds is 8. The summed E-state index contributed by atoms with van der Waals surface area (Å²) in [6.45, 7) is 11.3. The summed E-state index contributed by atoms with van der Waals surface area (Å²) in [5.74, 6) is 1.45. The van der Waals surface area contributed by atoms with Crippen molar-refractivity contribution in [1.82, 2.24) is 5.32 Å². The van der Waals surface area contributed by atoms with E-state index in [9.17, 15) is 4.79 Å². The molecule has 1 N–H and O–H groups in total. The van der Waals surface area contributed by atoms with E-state index < -0.39 is 0 Å². The maximum atomic E-state index is 12.9. The second-order valence-corrected chi connectivity index (χ2v) is 8.90. The van der Waals surface area contributed by atoms with Gasteiger partial charge >= 0.3 is 0 Å². The minimum atomic E-state index is -0.124. The Morgan fingerprint density at radius 1 is 0.906 bits per heavy atom. The van der Waals surface area contributed by atoms with Crippen molar-refractivity contribution in [2.24, 2.45) is 0 Å². The van der Waals surface area contributed by atoms with Crippen molar-refractivity contribution in [3.8, 4) is 11.5 Å². The smallest absolute Gasteiger partial charge is 0.251 e.